The third kappa shape index (κ3) is 11.0. The van der Waals surface area contributed by atoms with Gasteiger partial charge in [-0.2, -0.15) is 0 Å². The van der Waals surface area contributed by atoms with E-state index in [-0.39, 0.29) is 20.1 Å². The van der Waals surface area contributed by atoms with Crippen molar-refractivity contribution >= 4 is 69.3 Å². The minimum absolute atomic E-state index is 0.0440. The van der Waals surface area contributed by atoms with E-state index < -0.39 is 0 Å². The fourth-order valence-corrected chi connectivity index (χ4v) is 10.1. The molecule has 0 heterocycles. The highest BCUT2D eigenvalue weighted by molar-refractivity contribution is 6.97. The van der Waals surface area contributed by atoms with Gasteiger partial charge in [0.2, 0.25) is 20.1 Å². The molecule has 0 aliphatic rings. The molecule has 0 amide bonds. The van der Waals surface area contributed by atoms with E-state index in [1.807, 2.05) is 24.3 Å². The van der Waals surface area contributed by atoms with Crippen molar-refractivity contribution in [1.82, 2.24) is 0 Å². The Balaban J connectivity index is 0.945. The highest BCUT2D eigenvalue weighted by atomic mass is 16.5. The molecule has 9 aromatic carbocycles. The molecule has 0 saturated carbocycles. The monoisotopic (exact) mass is 896 g/mol. The number of methoxy groups -OCH3 is 2. The average Bonchev–Trinajstić information content (AvgIpc) is 3.37. The van der Waals surface area contributed by atoms with Crippen molar-refractivity contribution in [1.29, 1.82) is 0 Å². The third-order valence-corrected chi connectivity index (χ3v) is 13.8. The van der Waals surface area contributed by atoms with Gasteiger partial charge >= 0.3 is 0 Å². The Kier molecular flexibility index (Phi) is 14.7. The van der Waals surface area contributed by atoms with Crippen molar-refractivity contribution in [3.8, 4) is 17.2 Å². The second-order valence-electron chi connectivity index (χ2n) is 18.5. The lowest BCUT2D eigenvalue weighted by Crippen LogP contribution is -2.54. The number of hydrogen-bond donors (Lipinski definition) is 0. The SMILES string of the molecule is COc1ccc(B(c2ccc(OC)cc2)c2ccc(OCCc3cccc(B(c4cccc(C)c4)c4cccc(Cc5ccc(C)c(B(c6ccccc6C)c6ccccc6C)c5)c4)c3)cc2)cc1. The Bertz CT molecular complexity index is 3050. The molecule has 9 aromatic rings. The quantitative estimate of drug-likeness (QED) is 0.0879. The Labute approximate surface area is 411 Å². The lowest BCUT2D eigenvalue weighted by Gasteiger charge is -2.22. The van der Waals surface area contributed by atoms with E-state index in [9.17, 15) is 0 Å². The zero-order chi connectivity index (χ0) is 47.7. The molecule has 0 aromatic heterocycles. The molecule has 0 fully saturated rings. The summed E-state index contributed by atoms with van der Waals surface area (Å²) in [5, 5.41) is 0. The minimum Gasteiger partial charge on any atom is -0.497 e. The maximum atomic E-state index is 6.43. The lowest BCUT2D eigenvalue weighted by atomic mass is 9.35. The first kappa shape index (κ1) is 46.7. The second-order valence-corrected chi connectivity index (χ2v) is 18.5. The first-order chi connectivity index (χ1) is 33.7. The third-order valence-electron chi connectivity index (χ3n) is 13.8. The topological polar surface area (TPSA) is 27.7 Å². The zero-order valence-electron chi connectivity index (χ0n) is 40.8. The molecule has 0 bridgehead atoms. The van der Waals surface area contributed by atoms with E-state index in [0.717, 1.165) is 30.1 Å². The smallest absolute Gasteiger partial charge is 0.242 e. The van der Waals surface area contributed by atoms with Crippen LogP contribution in [0.2, 0.25) is 0 Å². The van der Waals surface area contributed by atoms with Crippen molar-refractivity contribution in [3.63, 3.8) is 0 Å². The van der Waals surface area contributed by atoms with Crippen LogP contribution in [0.25, 0.3) is 0 Å². The van der Waals surface area contributed by atoms with Gasteiger partial charge in [-0.15, -0.1) is 0 Å². The van der Waals surface area contributed by atoms with Crippen molar-refractivity contribution < 1.29 is 14.2 Å². The van der Waals surface area contributed by atoms with Crippen LogP contribution in [0.5, 0.6) is 17.2 Å². The summed E-state index contributed by atoms with van der Waals surface area (Å²) in [5.41, 5.74) is 20.6. The number of aryl methyl sites for hydroxylation is 4. The van der Waals surface area contributed by atoms with Crippen LogP contribution < -0.4 is 63.4 Å². The molecule has 0 aliphatic carbocycles. The minimum atomic E-state index is 0.0440. The zero-order valence-corrected chi connectivity index (χ0v) is 40.8. The maximum Gasteiger partial charge on any atom is 0.242 e. The van der Waals surface area contributed by atoms with Gasteiger partial charge in [0.1, 0.15) is 17.2 Å². The van der Waals surface area contributed by atoms with Crippen molar-refractivity contribution in [2.24, 2.45) is 0 Å². The van der Waals surface area contributed by atoms with Gasteiger partial charge < -0.3 is 14.2 Å². The lowest BCUT2D eigenvalue weighted by molar-refractivity contribution is 0.322. The summed E-state index contributed by atoms with van der Waals surface area (Å²) < 4.78 is 17.4. The maximum absolute atomic E-state index is 6.43. The van der Waals surface area contributed by atoms with E-state index >= 15 is 0 Å². The van der Waals surface area contributed by atoms with Crippen LogP contribution in [0.4, 0.5) is 0 Å². The Hall–Kier alpha value is -7.43. The molecule has 338 valence electrons. The van der Waals surface area contributed by atoms with Crippen molar-refractivity contribution in [2.75, 3.05) is 20.8 Å². The molecule has 0 aliphatic heterocycles. The highest BCUT2D eigenvalue weighted by Gasteiger charge is 2.27. The molecule has 0 saturated heterocycles. The summed E-state index contributed by atoms with van der Waals surface area (Å²) in [7, 11) is 3.40. The summed E-state index contributed by atoms with van der Waals surface area (Å²) in [6, 6.07) is 77.4. The van der Waals surface area contributed by atoms with Crippen LogP contribution >= 0.6 is 0 Å². The predicted octanol–water partition coefficient (Wildman–Crippen LogP) is 7.70. The Morgan fingerprint density at radius 1 is 0.333 bits per heavy atom. The summed E-state index contributed by atoms with van der Waals surface area (Å²) in [4.78, 5) is 0. The highest BCUT2D eigenvalue weighted by Crippen LogP contribution is 2.15. The van der Waals surface area contributed by atoms with Crippen molar-refractivity contribution in [3.05, 3.63) is 251 Å². The fraction of sp³-hybridized carbons (Fsp3) is 0.143. The first-order valence-electron chi connectivity index (χ1n) is 24.2. The average molecular weight is 897 g/mol. The summed E-state index contributed by atoms with van der Waals surface area (Å²) in [5.74, 6) is 2.53. The fourth-order valence-electron chi connectivity index (χ4n) is 10.1. The van der Waals surface area contributed by atoms with E-state index in [4.69, 9.17) is 14.2 Å². The molecule has 3 nitrogen and oxygen atoms in total. The molecule has 69 heavy (non-hydrogen) atoms. The summed E-state index contributed by atoms with van der Waals surface area (Å²) in [6.45, 7) is 9.77. The van der Waals surface area contributed by atoms with Crippen molar-refractivity contribution in [2.45, 2.75) is 40.5 Å². The molecule has 6 heteroatoms. The largest absolute Gasteiger partial charge is 0.497 e. The van der Waals surface area contributed by atoms with Gasteiger partial charge in [-0.05, 0) is 87.2 Å². The normalized spacial score (nSPS) is 10.9. The van der Waals surface area contributed by atoms with E-state index in [1.54, 1.807) is 14.2 Å². The van der Waals surface area contributed by atoms with E-state index in [0.29, 0.717) is 6.61 Å². The van der Waals surface area contributed by atoms with Crippen LogP contribution in [-0.2, 0) is 12.8 Å². The van der Waals surface area contributed by atoms with Crippen LogP contribution in [0.1, 0.15) is 38.9 Å². The molecule has 0 radical (unpaired) electrons. The van der Waals surface area contributed by atoms with Crippen LogP contribution in [0, 0.1) is 27.7 Å². The standard InChI is InChI=1S/C63H59B3O3/c1-45-14-11-19-55(40-45)65(57-21-13-18-50(43-57)41-51-25-24-48(4)63(44-51)66(61-22-9-7-15-46(61)2)62-23-10-8-16-47(62)3)56-20-12-17-49(42-56)38-39-69-60-36-30-54(31-37-60)64(52-26-32-58(67-5)33-27-52)53-28-34-59(68-6)35-29-53/h7-37,40,42-44H,38-39,41H2,1-6H3. The van der Waals surface area contributed by atoms with Crippen LogP contribution in [-0.4, -0.2) is 41.0 Å². The van der Waals surface area contributed by atoms with Gasteiger partial charge in [0, 0.05) is 6.42 Å². The number of benzene rings is 9. The van der Waals surface area contributed by atoms with Gasteiger partial charge in [-0.3, -0.25) is 0 Å². The molecule has 0 N–H and O–H groups in total. The molecule has 9 rings (SSSR count). The van der Waals surface area contributed by atoms with E-state index in [1.165, 1.54) is 88.1 Å². The Morgan fingerprint density at radius 3 is 1.32 bits per heavy atom. The molecule has 0 unspecified atom stereocenters. The van der Waals surface area contributed by atoms with Gasteiger partial charge in [-0.1, -0.05) is 247 Å². The predicted molar refractivity (Wildman–Crippen MR) is 296 cm³/mol. The van der Waals surface area contributed by atoms with Crippen LogP contribution in [0.3, 0.4) is 0 Å². The van der Waals surface area contributed by atoms with Gasteiger partial charge in [0.15, 0.2) is 0 Å². The van der Waals surface area contributed by atoms with Gasteiger partial charge in [-0.25, -0.2) is 0 Å². The van der Waals surface area contributed by atoms with Gasteiger partial charge in [0.05, 0.1) is 20.8 Å². The molecular formula is C63H59B3O3. The van der Waals surface area contributed by atoms with Gasteiger partial charge in [0.25, 0.3) is 0 Å². The molecule has 0 atom stereocenters. The van der Waals surface area contributed by atoms with E-state index in [2.05, 4.69) is 216 Å². The summed E-state index contributed by atoms with van der Waals surface area (Å²) >= 11 is 0. The Morgan fingerprint density at radius 2 is 0.783 bits per heavy atom. The summed E-state index contributed by atoms with van der Waals surface area (Å²) in [6.07, 6.45) is 1.64. The number of rotatable bonds is 17. The van der Waals surface area contributed by atoms with Crippen LogP contribution in [0.15, 0.2) is 212 Å². The molecule has 0 spiro atoms. The first-order valence-corrected chi connectivity index (χ1v) is 24.2. The number of hydrogen-bond acceptors (Lipinski definition) is 3. The number of ether oxygens (including phenoxy) is 3. The molecular weight excluding hydrogens is 837 g/mol. The second kappa shape index (κ2) is 21.7.